The van der Waals surface area contributed by atoms with Crippen LogP contribution in [0.5, 0.6) is 0 Å². The van der Waals surface area contributed by atoms with E-state index in [4.69, 9.17) is 16.9 Å². The van der Waals surface area contributed by atoms with Gasteiger partial charge in [-0.1, -0.05) is 44.5 Å². The lowest BCUT2D eigenvalue weighted by Crippen LogP contribution is -2.10. The predicted molar refractivity (Wildman–Crippen MR) is 84.6 cm³/mol. The van der Waals surface area contributed by atoms with Crippen molar-refractivity contribution >= 4 is 23.0 Å². The van der Waals surface area contributed by atoms with Crippen molar-refractivity contribution in [2.75, 3.05) is 5.32 Å². The Morgan fingerprint density at radius 3 is 2.20 bits per heavy atom. The molecular formula is C17H17ClN2. The van der Waals surface area contributed by atoms with E-state index >= 15 is 0 Å². The summed E-state index contributed by atoms with van der Waals surface area (Å²) in [5, 5.41) is 12.6. The highest BCUT2D eigenvalue weighted by molar-refractivity contribution is 6.33. The second-order valence-electron chi connectivity index (χ2n) is 5.76. The first-order valence-electron chi connectivity index (χ1n) is 6.47. The molecule has 0 aromatic heterocycles. The maximum Gasteiger partial charge on any atom is 0.0992 e. The first-order chi connectivity index (χ1) is 9.40. The fourth-order valence-corrected chi connectivity index (χ4v) is 2.12. The van der Waals surface area contributed by atoms with Crippen molar-refractivity contribution in [2.45, 2.75) is 26.2 Å². The van der Waals surface area contributed by atoms with Crippen LogP contribution in [0.3, 0.4) is 0 Å². The molecule has 2 aromatic carbocycles. The quantitative estimate of drug-likeness (QED) is 0.817. The van der Waals surface area contributed by atoms with Crippen molar-refractivity contribution < 1.29 is 0 Å². The molecule has 0 fully saturated rings. The zero-order valence-corrected chi connectivity index (χ0v) is 12.6. The van der Waals surface area contributed by atoms with Gasteiger partial charge in [0.05, 0.1) is 22.3 Å². The molecule has 102 valence electrons. The number of hydrogen-bond acceptors (Lipinski definition) is 2. The van der Waals surface area contributed by atoms with Crippen molar-refractivity contribution in [3.05, 3.63) is 58.6 Å². The molecule has 2 aromatic rings. The van der Waals surface area contributed by atoms with Gasteiger partial charge in [-0.15, -0.1) is 0 Å². The number of nitrogens with one attached hydrogen (secondary N) is 1. The van der Waals surface area contributed by atoms with Crippen LogP contribution < -0.4 is 5.32 Å². The lowest BCUT2D eigenvalue weighted by atomic mass is 9.87. The number of nitrogens with zero attached hydrogens (tertiary/aromatic N) is 1. The minimum absolute atomic E-state index is 0.143. The van der Waals surface area contributed by atoms with Crippen LogP contribution in [0, 0.1) is 11.3 Å². The van der Waals surface area contributed by atoms with Crippen LogP contribution in [0.15, 0.2) is 42.5 Å². The number of benzene rings is 2. The molecule has 2 nitrogen and oxygen atoms in total. The average Bonchev–Trinajstić information content (AvgIpc) is 2.40. The Kier molecular flexibility index (Phi) is 4.01. The minimum Gasteiger partial charge on any atom is -0.354 e. The third kappa shape index (κ3) is 3.31. The Morgan fingerprint density at radius 1 is 1.05 bits per heavy atom. The summed E-state index contributed by atoms with van der Waals surface area (Å²) >= 11 is 6.15. The third-order valence-corrected chi connectivity index (χ3v) is 3.44. The van der Waals surface area contributed by atoms with E-state index in [0.717, 1.165) is 11.4 Å². The van der Waals surface area contributed by atoms with E-state index < -0.39 is 0 Å². The Hall–Kier alpha value is -1.98. The highest BCUT2D eigenvalue weighted by Gasteiger charge is 2.12. The Labute approximate surface area is 125 Å². The SMILES string of the molecule is CC(C)(C)c1ccc(Nc2ccc(C#N)cc2Cl)cc1. The first-order valence-corrected chi connectivity index (χ1v) is 6.85. The van der Waals surface area contributed by atoms with Gasteiger partial charge in [0.2, 0.25) is 0 Å². The van der Waals surface area contributed by atoms with Gasteiger partial charge in [0.15, 0.2) is 0 Å². The smallest absolute Gasteiger partial charge is 0.0992 e. The van der Waals surface area contributed by atoms with Gasteiger partial charge >= 0.3 is 0 Å². The highest BCUT2D eigenvalue weighted by Crippen LogP contribution is 2.28. The zero-order chi connectivity index (χ0) is 14.8. The lowest BCUT2D eigenvalue weighted by molar-refractivity contribution is 0.590. The van der Waals surface area contributed by atoms with Gasteiger partial charge in [-0.3, -0.25) is 0 Å². The average molecular weight is 285 g/mol. The molecule has 2 rings (SSSR count). The fraction of sp³-hybridized carbons (Fsp3) is 0.235. The van der Waals surface area contributed by atoms with Crippen LogP contribution in [-0.4, -0.2) is 0 Å². The van der Waals surface area contributed by atoms with Crippen molar-refractivity contribution in [3.63, 3.8) is 0 Å². The summed E-state index contributed by atoms with van der Waals surface area (Å²) < 4.78 is 0. The molecular weight excluding hydrogens is 268 g/mol. The van der Waals surface area contributed by atoms with E-state index in [-0.39, 0.29) is 5.41 Å². The molecule has 0 aliphatic rings. The van der Waals surface area contributed by atoms with Crippen molar-refractivity contribution in [3.8, 4) is 6.07 Å². The summed E-state index contributed by atoms with van der Waals surface area (Å²) in [5.41, 5.74) is 3.77. The molecule has 20 heavy (non-hydrogen) atoms. The van der Waals surface area contributed by atoms with Crippen LogP contribution in [0.4, 0.5) is 11.4 Å². The number of hydrogen-bond donors (Lipinski definition) is 1. The maximum atomic E-state index is 8.82. The Bertz CT molecular complexity index is 646. The molecule has 0 saturated heterocycles. The molecule has 0 bridgehead atoms. The molecule has 0 saturated carbocycles. The van der Waals surface area contributed by atoms with Crippen molar-refractivity contribution in [1.29, 1.82) is 5.26 Å². The van der Waals surface area contributed by atoms with Crippen LogP contribution >= 0.6 is 11.6 Å². The van der Waals surface area contributed by atoms with Gasteiger partial charge in [-0.05, 0) is 41.3 Å². The standard InChI is InChI=1S/C17H17ClN2/c1-17(2,3)13-5-7-14(8-6-13)20-16-9-4-12(11-19)10-15(16)18/h4-10,20H,1-3H3. The lowest BCUT2D eigenvalue weighted by Gasteiger charge is -2.19. The molecule has 0 heterocycles. The number of anilines is 2. The summed E-state index contributed by atoms with van der Waals surface area (Å²) in [6.07, 6.45) is 0. The van der Waals surface area contributed by atoms with Crippen LogP contribution in [0.1, 0.15) is 31.9 Å². The van der Waals surface area contributed by atoms with E-state index in [0.29, 0.717) is 10.6 Å². The molecule has 0 atom stereocenters. The largest absolute Gasteiger partial charge is 0.354 e. The van der Waals surface area contributed by atoms with Gasteiger partial charge in [0, 0.05) is 5.69 Å². The van der Waals surface area contributed by atoms with Gasteiger partial charge in [-0.25, -0.2) is 0 Å². The monoisotopic (exact) mass is 284 g/mol. The number of rotatable bonds is 2. The summed E-state index contributed by atoms with van der Waals surface area (Å²) in [6, 6.07) is 15.6. The van der Waals surface area contributed by atoms with E-state index in [9.17, 15) is 0 Å². The second kappa shape index (κ2) is 5.56. The number of halogens is 1. The summed E-state index contributed by atoms with van der Waals surface area (Å²) in [4.78, 5) is 0. The van der Waals surface area contributed by atoms with E-state index in [1.807, 2.05) is 18.2 Å². The first kappa shape index (κ1) is 14.4. The second-order valence-corrected chi connectivity index (χ2v) is 6.17. The van der Waals surface area contributed by atoms with Gasteiger partial charge in [0.25, 0.3) is 0 Å². The highest BCUT2D eigenvalue weighted by atomic mass is 35.5. The van der Waals surface area contributed by atoms with Crippen LogP contribution in [-0.2, 0) is 5.41 Å². The molecule has 0 unspecified atom stereocenters. The van der Waals surface area contributed by atoms with Crippen LogP contribution in [0.25, 0.3) is 0 Å². The van der Waals surface area contributed by atoms with E-state index in [1.165, 1.54) is 5.56 Å². The zero-order valence-electron chi connectivity index (χ0n) is 11.9. The van der Waals surface area contributed by atoms with E-state index in [1.54, 1.807) is 12.1 Å². The molecule has 0 spiro atoms. The van der Waals surface area contributed by atoms with Gasteiger partial charge in [0.1, 0.15) is 0 Å². The minimum atomic E-state index is 0.143. The van der Waals surface area contributed by atoms with Gasteiger partial charge < -0.3 is 5.32 Å². The topological polar surface area (TPSA) is 35.8 Å². The Balaban J connectivity index is 2.21. The molecule has 0 aliphatic carbocycles. The molecule has 3 heteroatoms. The van der Waals surface area contributed by atoms with Crippen molar-refractivity contribution in [2.24, 2.45) is 0 Å². The van der Waals surface area contributed by atoms with Crippen molar-refractivity contribution in [1.82, 2.24) is 0 Å². The third-order valence-electron chi connectivity index (χ3n) is 3.13. The number of nitriles is 1. The predicted octanol–water partition coefficient (Wildman–Crippen LogP) is 5.25. The summed E-state index contributed by atoms with van der Waals surface area (Å²) in [5.74, 6) is 0. The molecule has 0 amide bonds. The normalized spacial score (nSPS) is 10.9. The summed E-state index contributed by atoms with van der Waals surface area (Å²) in [6.45, 7) is 6.56. The fourth-order valence-electron chi connectivity index (χ4n) is 1.90. The van der Waals surface area contributed by atoms with Crippen LogP contribution in [0.2, 0.25) is 5.02 Å². The van der Waals surface area contributed by atoms with Gasteiger partial charge in [-0.2, -0.15) is 5.26 Å². The van der Waals surface area contributed by atoms with E-state index in [2.05, 4.69) is 44.3 Å². The molecule has 0 aliphatic heterocycles. The Morgan fingerprint density at radius 2 is 1.70 bits per heavy atom. The maximum absolute atomic E-state index is 8.82. The summed E-state index contributed by atoms with van der Waals surface area (Å²) in [7, 11) is 0. The molecule has 0 radical (unpaired) electrons. The molecule has 1 N–H and O–H groups in total.